The molecule has 0 N–H and O–H groups in total. The van der Waals surface area contributed by atoms with Gasteiger partial charge in [0.05, 0.1) is 18.3 Å². The van der Waals surface area contributed by atoms with Crippen LogP contribution in [0.4, 0.5) is 0 Å². The lowest BCUT2D eigenvalue weighted by molar-refractivity contribution is 0.478. The fourth-order valence-corrected chi connectivity index (χ4v) is 4.08. The standard InChI is InChI=1S/C19H18N4O3S/c24-19-22(15-5-1-2-6-16(15)26-19)9-11-27-18-21-20-17(13-7-8-13)23(18)12-14-4-3-10-25-14/h1-6,10,13H,7-9,11-12H2. The molecule has 27 heavy (non-hydrogen) atoms. The van der Waals surface area contributed by atoms with Gasteiger partial charge < -0.3 is 8.83 Å². The first-order chi connectivity index (χ1) is 13.3. The van der Waals surface area contributed by atoms with Crippen molar-refractivity contribution in [1.29, 1.82) is 0 Å². The van der Waals surface area contributed by atoms with Crippen LogP contribution in [0.5, 0.6) is 0 Å². The van der Waals surface area contributed by atoms with E-state index in [4.69, 9.17) is 8.83 Å². The van der Waals surface area contributed by atoms with E-state index in [1.807, 2.05) is 36.4 Å². The largest absolute Gasteiger partial charge is 0.467 e. The van der Waals surface area contributed by atoms with Gasteiger partial charge in [0.1, 0.15) is 11.6 Å². The summed E-state index contributed by atoms with van der Waals surface area (Å²) in [6.07, 6.45) is 4.01. The number of fused-ring (bicyclic) bond motifs is 1. The molecule has 0 amide bonds. The maximum Gasteiger partial charge on any atom is 0.419 e. The van der Waals surface area contributed by atoms with Crippen LogP contribution in [0.25, 0.3) is 11.1 Å². The lowest BCUT2D eigenvalue weighted by Gasteiger charge is -2.08. The molecule has 0 saturated heterocycles. The molecule has 3 heterocycles. The van der Waals surface area contributed by atoms with Crippen molar-refractivity contribution in [3.05, 3.63) is 64.8 Å². The van der Waals surface area contributed by atoms with E-state index in [1.54, 1.807) is 22.6 Å². The molecule has 138 valence electrons. The van der Waals surface area contributed by atoms with E-state index >= 15 is 0 Å². The number of furan rings is 1. The number of aromatic nitrogens is 4. The van der Waals surface area contributed by atoms with Gasteiger partial charge in [-0.2, -0.15) is 0 Å². The number of hydrogen-bond donors (Lipinski definition) is 0. The Morgan fingerprint density at radius 3 is 2.81 bits per heavy atom. The van der Waals surface area contributed by atoms with Crippen molar-refractivity contribution in [2.75, 3.05) is 5.75 Å². The van der Waals surface area contributed by atoms with Crippen LogP contribution < -0.4 is 5.76 Å². The smallest absolute Gasteiger partial charge is 0.419 e. The average molecular weight is 382 g/mol. The predicted molar refractivity (Wildman–Crippen MR) is 101 cm³/mol. The molecule has 1 aromatic carbocycles. The molecule has 7 nitrogen and oxygen atoms in total. The summed E-state index contributed by atoms with van der Waals surface area (Å²) in [6, 6.07) is 11.3. The Balaban J connectivity index is 1.35. The van der Waals surface area contributed by atoms with Crippen LogP contribution in [0.2, 0.25) is 0 Å². The molecule has 3 aromatic heterocycles. The number of benzene rings is 1. The first kappa shape index (κ1) is 16.4. The summed E-state index contributed by atoms with van der Waals surface area (Å²) in [6.45, 7) is 1.18. The molecule has 8 heteroatoms. The Labute approximate surface area is 159 Å². The zero-order valence-corrected chi connectivity index (χ0v) is 15.4. The summed E-state index contributed by atoms with van der Waals surface area (Å²) < 4.78 is 14.6. The molecule has 0 aliphatic heterocycles. The van der Waals surface area contributed by atoms with E-state index in [9.17, 15) is 4.79 Å². The second-order valence-electron chi connectivity index (χ2n) is 6.62. The van der Waals surface area contributed by atoms with Gasteiger partial charge in [0.2, 0.25) is 0 Å². The molecule has 1 aliphatic carbocycles. The first-order valence-corrected chi connectivity index (χ1v) is 9.95. The second kappa shape index (κ2) is 6.77. The highest BCUT2D eigenvalue weighted by Crippen LogP contribution is 2.40. The molecular weight excluding hydrogens is 364 g/mol. The number of aryl methyl sites for hydroxylation is 1. The van der Waals surface area contributed by atoms with E-state index in [-0.39, 0.29) is 5.76 Å². The average Bonchev–Trinajstić information content (AvgIpc) is 3.10. The third kappa shape index (κ3) is 3.21. The van der Waals surface area contributed by atoms with E-state index in [1.165, 1.54) is 0 Å². The second-order valence-corrected chi connectivity index (χ2v) is 7.68. The molecule has 0 radical (unpaired) electrons. The van der Waals surface area contributed by atoms with E-state index in [0.717, 1.165) is 35.1 Å². The van der Waals surface area contributed by atoms with Gasteiger partial charge in [-0.15, -0.1) is 10.2 Å². The molecule has 5 rings (SSSR count). The Hall–Kier alpha value is -2.74. The number of para-hydroxylation sites is 2. The van der Waals surface area contributed by atoms with Crippen molar-refractivity contribution in [1.82, 2.24) is 19.3 Å². The third-order valence-electron chi connectivity index (χ3n) is 4.70. The number of nitrogens with zero attached hydrogens (tertiary/aromatic N) is 4. The summed E-state index contributed by atoms with van der Waals surface area (Å²) in [7, 11) is 0. The molecule has 0 spiro atoms. The lowest BCUT2D eigenvalue weighted by Crippen LogP contribution is -2.15. The van der Waals surface area contributed by atoms with Crippen LogP contribution in [0.1, 0.15) is 30.3 Å². The predicted octanol–water partition coefficient (Wildman–Crippen LogP) is 3.50. The Morgan fingerprint density at radius 1 is 1.11 bits per heavy atom. The molecular formula is C19H18N4O3S. The van der Waals surface area contributed by atoms with Gasteiger partial charge in [-0.25, -0.2) is 4.79 Å². The highest BCUT2D eigenvalue weighted by Gasteiger charge is 2.30. The van der Waals surface area contributed by atoms with Gasteiger partial charge in [-0.1, -0.05) is 23.9 Å². The van der Waals surface area contributed by atoms with Crippen LogP contribution in [-0.4, -0.2) is 25.1 Å². The fourth-order valence-electron chi connectivity index (χ4n) is 3.21. The summed E-state index contributed by atoms with van der Waals surface area (Å²) >= 11 is 1.60. The van der Waals surface area contributed by atoms with Gasteiger partial charge in [-0.05, 0) is 37.1 Å². The lowest BCUT2D eigenvalue weighted by atomic mass is 10.3. The van der Waals surface area contributed by atoms with Crippen molar-refractivity contribution in [2.24, 2.45) is 0 Å². The monoisotopic (exact) mass is 382 g/mol. The number of hydrogen-bond acceptors (Lipinski definition) is 6. The summed E-state index contributed by atoms with van der Waals surface area (Å²) in [5, 5.41) is 9.65. The highest BCUT2D eigenvalue weighted by atomic mass is 32.2. The van der Waals surface area contributed by atoms with Gasteiger partial charge in [0.15, 0.2) is 10.7 Å². The zero-order chi connectivity index (χ0) is 18.2. The van der Waals surface area contributed by atoms with Crippen molar-refractivity contribution in [2.45, 2.75) is 37.0 Å². The Morgan fingerprint density at radius 2 is 2.00 bits per heavy atom. The maximum atomic E-state index is 12.1. The number of thioether (sulfide) groups is 1. The van der Waals surface area contributed by atoms with Crippen LogP contribution in [0.15, 0.2) is 61.4 Å². The fraction of sp³-hybridized carbons (Fsp3) is 0.316. The van der Waals surface area contributed by atoms with Gasteiger partial charge in [0, 0.05) is 18.2 Å². The molecule has 0 atom stereocenters. The van der Waals surface area contributed by atoms with Crippen molar-refractivity contribution in [3.63, 3.8) is 0 Å². The number of rotatable bonds is 7. The van der Waals surface area contributed by atoms with Gasteiger partial charge in [-0.3, -0.25) is 9.13 Å². The Kier molecular flexibility index (Phi) is 4.12. The van der Waals surface area contributed by atoms with Crippen LogP contribution in [0, 0.1) is 0 Å². The molecule has 1 saturated carbocycles. The Bertz CT molecular complexity index is 1120. The highest BCUT2D eigenvalue weighted by molar-refractivity contribution is 7.99. The quantitative estimate of drug-likeness (QED) is 0.455. The number of oxazole rings is 1. The molecule has 0 bridgehead atoms. The van der Waals surface area contributed by atoms with E-state index in [0.29, 0.717) is 30.3 Å². The molecule has 1 fully saturated rings. The van der Waals surface area contributed by atoms with Gasteiger partial charge >= 0.3 is 5.76 Å². The van der Waals surface area contributed by atoms with Crippen LogP contribution >= 0.6 is 11.8 Å². The van der Waals surface area contributed by atoms with E-state index < -0.39 is 0 Å². The third-order valence-corrected chi connectivity index (χ3v) is 5.65. The first-order valence-electron chi connectivity index (χ1n) is 8.96. The SMILES string of the molecule is O=c1oc2ccccc2n1CCSc1nnc(C2CC2)n1Cc1ccco1. The molecule has 0 unspecified atom stereocenters. The summed E-state index contributed by atoms with van der Waals surface area (Å²) in [5.74, 6) is 2.79. The minimum absolute atomic E-state index is 0.326. The normalized spacial score (nSPS) is 14.2. The van der Waals surface area contributed by atoms with Crippen molar-refractivity contribution < 1.29 is 8.83 Å². The molecule has 4 aromatic rings. The van der Waals surface area contributed by atoms with Crippen LogP contribution in [0.3, 0.4) is 0 Å². The minimum atomic E-state index is -0.326. The maximum absolute atomic E-state index is 12.1. The molecule has 1 aliphatic rings. The van der Waals surface area contributed by atoms with Crippen molar-refractivity contribution >= 4 is 22.9 Å². The zero-order valence-electron chi connectivity index (χ0n) is 14.6. The van der Waals surface area contributed by atoms with Crippen LogP contribution in [-0.2, 0) is 13.1 Å². The topological polar surface area (TPSA) is 79.0 Å². The summed E-state index contributed by atoms with van der Waals surface area (Å²) in [4.78, 5) is 12.1. The van der Waals surface area contributed by atoms with Gasteiger partial charge in [0.25, 0.3) is 0 Å². The minimum Gasteiger partial charge on any atom is -0.467 e. The van der Waals surface area contributed by atoms with E-state index in [2.05, 4.69) is 14.8 Å². The summed E-state index contributed by atoms with van der Waals surface area (Å²) in [5.41, 5.74) is 1.43. The van der Waals surface area contributed by atoms with Crippen molar-refractivity contribution in [3.8, 4) is 0 Å².